The molecule has 3 aromatic rings. The van der Waals surface area contributed by atoms with Crippen molar-refractivity contribution >= 4 is 27.9 Å². The number of pyridine rings is 1. The van der Waals surface area contributed by atoms with Gasteiger partial charge >= 0.3 is 0 Å². The number of anilines is 1. The zero-order valence-corrected chi connectivity index (χ0v) is 12.7. The van der Waals surface area contributed by atoms with Crippen molar-refractivity contribution in [1.29, 1.82) is 0 Å². The molecule has 0 atom stereocenters. The molecule has 4 nitrogen and oxygen atoms in total. The van der Waals surface area contributed by atoms with Gasteiger partial charge in [0.2, 0.25) is 6.79 Å². The lowest BCUT2D eigenvalue weighted by atomic mass is 10.0. The van der Waals surface area contributed by atoms with Crippen molar-refractivity contribution < 1.29 is 9.47 Å². The highest BCUT2D eigenvalue weighted by atomic mass is 32.1. The second-order valence-electron chi connectivity index (χ2n) is 4.92. The van der Waals surface area contributed by atoms with Gasteiger partial charge in [-0.1, -0.05) is 12.1 Å². The maximum Gasteiger partial charge on any atom is 0.231 e. The van der Waals surface area contributed by atoms with Crippen molar-refractivity contribution in [3.05, 3.63) is 48.5 Å². The molecule has 0 radical (unpaired) electrons. The van der Waals surface area contributed by atoms with E-state index in [9.17, 15) is 0 Å². The van der Waals surface area contributed by atoms with Crippen LogP contribution in [0, 0.1) is 0 Å². The Balaban J connectivity index is 1.97. The van der Waals surface area contributed by atoms with Crippen LogP contribution in [0.5, 0.6) is 11.5 Å². The summed E-state index contributed by atoms with van der Waals surface area (Å²) in [4.78, 5) is 5.76. The third kappa shape index (κ3) is 2.10. The minimum Gasteiger partial charge on any atom is -0.454 e. The van der Waals surface area contributed by atoms with Gasteiger partial charge in [-0.25, -0.2) is 4.98 Å². The first-order valence-corrected chi connectivity index (χ1v) is 7.86. The highest BCUT2D eigenvalue weighted by Gasteiger charge is 2.18. The van der Waals surface area contributed by atoms with Crippen molar-refractivity contribution in [3.8, 4) is 21.9 Å². The number of rotatable bonds is 4. The van der Waals surface area contributed by atoms with E-state index >= 15 is 0 Å². The Morgan fingerprint density at radius 2 is 2.09 bits per heavy atom. The number of fused-ring (bicyclic) bond motifs is 2. The molecule has 1 N–H and O–H groups in total. The van der Waals surface area contributed by atoms with E-state index in [0.717, 1.165) is 33.7 Å². The van der Waals surface area contributed by atoms with Gasteiger partial charge in [-0.15, -0.1) is 17.9 Å². The maximum atomic E-state index is 5.52. The maximum absolute atomic E-state index is 5.52. The predicted molar refractivity (Wildman–Crippen MR) is 89.9 cm³/mol. The number of ether oxygens (including phenoxy) is 2. The van der Waals surface area contributed by atoms with Crippen LogP contribution in [0.4, 0.5) is 5.82 Å². The molecule has 0 saturated carbocycles. The molecule has 0 amide bonds. The molecule has 0 fully saturated rings. The van der Waals surface area contributed by atoms with Crippen LogP contribution in [0.25, 0.3) is 21.2 Å². The lowest BCUT2D eigenvalue weighted by molar-refractivity contribution is 0.174. The molecule has 1 aliphatic rings. The molecule has 0 spiro atoms. The Hall–Kier alpha value is -2.53. The first kappa shape index (κ1) is 13.2. The van der Waals surface area contributed by atoms with Gasteiger partial charge in [0.1, 0.15) is 5.82 Å². The average molecular weight is 310 g/mol. The molecule has 1 aliphatic heterocycles. The average Bonchev–Trinajstić information content (AvgIpc) is 3.21. The second kappa shape index (κ2) is 5.35. The van der Waals surface area contributed by atoms with Crippen LogP contribution in [0.3, 0.4) is 0 Å². The standard InChI is InChI=1S/C17H14N2O2S/c1-2-5-18-17-12-8-15-14(20-10-21-15)7-11(12)13(9-19-17)16-4-3-6-22-16/h2-4,6-9H,1,5,10H2,(H,18,19). The van der Waals surface area contributed by atoms with Crippen LogP contribution < -0.4 is 14.8 Å². The van der Waals surface area contributed by atoms with Crippen molar-refractivity contribution in [2.45, 2.75) is 0 Å². The van der Waals surface area contributed by atoms with Gasteiger partial charge in [-0.05, 0) is 29.0 Å². The van der Waals surface area contributed by atoms with Gasteiger partial charge in [0, 0.05) is 28.6 Å². The summed E-state index contributed by atoms with van der Waals surface area (Å²) in [6.07, 6.45) is 3.72. The van der Waals surface area contributed by atoms with Gasteiger partial charge in [0.05, 0.1) is 0 Å². The minimum atomic E-state index is 0.267. The van der Waals surface area contributed by atoms with E-state index in [1.54, 1.807) is 11.3 Å². The van der Waals surface area contributed by atoms with E-state index in [4.69, 9.17) is 9.47 Å². The summed E-state index contributed by atoms with van der Waals surface area (Å²) in [5.74, 6) is 2.37. The first-order chi connectivity index (χ1) is 10.9. The summed E-state index contributed by atoms with van der Waals surface area (Å²) in [5.41, 5.74) is 1.10. The van der Waals surface area contributed by atoms with Crippen LogP contribution in [0.2, 0.25) is 0 Å². The molecule has 4 rings (SSSR count). The summed E-state index contributed by atoms with van der Waals surface area (Å²) in [5, 5.41) is 7.48. The van der Waals surface area contributed by atoms with Crippen LogP contribution in [-0.4, -0.2) is 18.3 Å². The molecule has 2 aromatic heterocycles. The second-order valence-corrected chi connectivity index (χ2v) is 5.87. The fourth-order valence-corrected chi connectivity index (χ4v) is 3.32. The Morgan fingerprint density at radius 1 is 1.27 bits per heavy atom. The van der Waals surface area contributed by atoms with Crippen molar-refractivity contribution in [1.82, 2.24) is 4.98 Å². The number of aromatic nitrogens is 1. The van der Waals surface area contributed by atoms with Crippen molar-refractivity contribution in [2.24, 2.45) is 0 Å². The van der Waals surface area contributed by atoms with Crippen molar-refractivity contribution in [2.75, 3.05) is 18.7 Å². The summed E-state index contributed by atoms with van der Waals surface area (Å²) >= 11 is 1.70. The highest BCUT2D eigenvalue weighted by Crippen LogP contribution is 2.42. The number of nitrogens with one attached hydrogen (secondary N) is 1. The smallest absolute Gasteiger partial charge is 0.231 e. The number of benzene rings is 1. The molecule has 0 saturated heterocycles. The molecular formula is C17H14N2O2S. The fourth-order valence-electron chi connectivity index (χ4n) is 2.57. The van der Waals surface area contributed by atoms with Crippen molar-refractivity contribution in [3.63, 3.8) is 0 Å². The quantitative estimate of drug-likeness (QED) is 0.730. The lowest BCUT2D eigenvalue weighted by Crippen LogP contribution is -2.01. The molecule has 3 heterocycles. The number of nitrogens with zero attached hydrogens (tertiary/aromatic N) is 1. The summed E-state index contributed by atoms with van der Waals surface area (Å²) < 4.78 is 11.0. The summed E-state index contributed by atoms with van der Waals surface area (Å²) in [6.45, 7) is 4.67. The summed E-state index contributed by atoms with van der Waals surface area (Å²) in [7, 11) is 0. The third-order valence-corrected chi connectivity index (χ3v) is 4.48. The zero-order valence-electron chi connectivity index (χ0n) is 11.8. The van der Waals surface area contributed by atoms with Gasteiger partial charge in [-0.3, -0.25) is 0 Å². The van der Waals surface area contributed by atoms with Crippen LogP contribution in [-0.2, 0) is 0 Å². The van der Waals surface area contributed by atoms with E-state index in [0.29, 0.717) is 6.54 Å². The lowest BCUT2D eigenvalue weighted by Gasteiger charge is -2.11. The van der Waals surface area contributed by atoms with Crippen LogP contribution >= 0.6 is 11.3 Å². The van der Waals surface area contributed by atoms with Crippen LogP contribution in [0.15, 0.2) is 48.5 Å². The molecule has 0 aliphatic carbocycles. The summed E-state index contributed by atoms with van der Waals surface area (Å²) in [6, 6.07) is 8.17. The predicted octanol–water partition coefficient (Wildman–Crippen LogP) is 4.29. The van der Waals surface area contributed by atoms with E-state index in [1.165, 1.54) is 4.88 Å². The molecule has 5 heteroatoms. The largest absolute Gasteiger partial charge is 0.454 e. The molecule has 0 bridgehead atoms. The molecule has 110 valence electrons. The topological polar surface area (TPSA) is 43.4 Å². The molecule has 22 heavy (non-hydrogen) atoms. The van der Waals surface area contributed by atoms with E-state index < -0.39 is 0 Å². The molecule has 1 aromatic carbocycles. The number of hydrogen-bond acceptors (Lipinski definition) is 5. The number of hydrogen-bond donors (Lipinski definition) is 1. The molecular weight excluding hydrogens is 296 g/mol. The minimum absolute atomic E-state index is 0.267. The Kier molecular flexibility index (Phi) is 3.20. The van der Waals surface area contributed by atoms with Gasteiger partial charge < -0.3 is 14.8 Å². The first-order valence-electron chi connectivity index (χ1n) is 6.98. The highest BCUT2D eigenvalue weighted by molar-refractivity contribution is 7.13. The molecule has 0 unspecified atom stereocenters. The Morgan fingerprint density at radius 3 is 2.82 bits per heavy atom. The van der Waals surface area contributed by atoms with Gasteiger partial charge in [0.25, 0.3) is 0 Å². The Bertz CT molecular complexity index is 843. The fraction of sp³-hybridized carbons (Fsp3) is 0.118. The monoisotopic (exact) mass is 310 g/mol. The van der Waals surface area contributed by atoms with E-state index in [-0.39, 0.29) is 6.79 Å². The van der Waals surface area contributed by atoms with E-state index in [2.05, 4.69) is 28.3 Å². The van der Waals surface area contributed by atoms with Gasteiger partial charge in [0.15, 0.2) is 11.5 Å². The zero-order chi connectivity index (χ0) is 14.9. The Labute approximate surface area is 132 Å². The SMILES string of the molecule is C=CCNc1ncc(-c2cccs2)c2cc3c(cc12)OCO3. The normalized spacial score (nSPS) is 12.5. The third-order valence-electron chi connectivity index (χ3n) is 3.58. The van der Waals surface area contributed by atoms with Gasteiger partial charge in [-0.2, -0.15) is 0 Å². The number of thiophene rings is 1. The van der Waals surface area contributed by atoms with E-state index in [1.807, 2.05) is 30.5 Å². The van der Waals surface area contributed by atoms with Crippen LogP contribution in [0.1, 0.15) is 0 Å².